The van der Waals surface area contributed by atoms with Gasteiger partial charge in [-0.25, -0.2) is 9.48 Å². The van der Waals surface area contributed by atoms with E-state index in [0.717, 1.165) is 22.5 Å². The van der Waals surface area contributed by atoms with E-state index >= 15 is 0 Å². The van der Waals surface area contributed by atoms with Crippen molar-refractivity contribution in [2.24, 2.45) is 0 Å². The molecule has 0 N–H and O–H groups in total. The van der Waals surface area contributed by atoms with Crippen LogP contribution >= 0.6 is 0 Å². The van der Waals surface area contributed by atoms with Crippen LogP contribution in [0.25, 0.3) is 5.69 Å². The topological polar surface area (TPSA) is 83.0 Å². The summed E-state index contributed by atoms with van der Waals surface area (Å²) in [4.78, 5) is 12.4. The highest BCUT2D eigenvalue weighted by Gasteiger charge is 2.21. The fourth-order valence-corrected chi connectivity index (χ4v) is 2.66. The molecule has 0 spiro atoms. The van der Waals surface area contributed by atoms with E-state index < -0.39 is 12.1 Å². The molecular weight excluding hydrogens is 320 g/mol. The van der Waals surface area contributed by atoms with Crippen molar-refractivity contribution in [1.82, 2.24) is 20.0 Å². The first-order chi connectivity index (χ1) is 11.8. The van der Waals surface area contributed by atoms with Crippen LogP contribution in [0.5, 0.6) is 0 Å². The molecule has 0 bridgehead atoms. The molecule has 0 saturated carbocycles. The Morgan fingerprint density at radius 3 is 2.36 bits per heavy atom. The molecule has 0 unspecified atom stereocenters. The average Bonchev–Trinajstić information content (AvgIpc) is 3.12. The predicted octanol–water partition coefficient (Wildman–Crippen LogP) is 3.41. The molecule has 7 heteroatoms. The van der Waals surface area contributed by atoms with Crippen molar-refractivity contribution < 1.29 is 13.9 Å². The molecular formula is C18H20N4O3. The summed E-state index contributed by atoms with van der Waals surface area (Å²) in [7, 11) is 0. The quantitative estimate of drug-likeness (QED) is 0.677. The highest BCUT2D eigenvalue weighted by atomic mass is 16.6. The van der Waals surface area contributed by atoms with Gasteiger partial charge in [-0.3, -0.25) is 0 Å². The summed E-state index contributed by atoms with van der Waals surface area (Å²) in [5, 5.41) is 12.0. The minimum atomic E-state index is -0.639. The van der Waals surface area contributed by atoms with Gasteiger partial charge in [0.05, 0.1) is 5.69 Å². The summed E-state index contributed by atoms with van der Waals surface area (Å²) in [6, 6.07) is 7.83. The van der Waals surface area contributed by atoms with Crippen LogP contribution in [0.3, 0.4) is 0 Å². The van der Waals surface area contributed by atoms with Gasteiger partial charge in [0, 0.05) is 12.6 Å². The molecule has 2 aromatic heterocycles. The van der Waals surface area contributed by atoms with Gasteiger partial charge >= 0.3 is 5.97 Å². The maximum atomic E-state index is 12.4. The minimum absolute atomic E-state index is 0.236. The Labute approximate surface area is 145 Å². The van der Waals surface area contributed by atoms with Crippen LogP contribution in [0.4, 0.5) is 0 Å². The van der Waals surface area contributed by atoms with Crippen molar-refractivity contribution in [2.75, 3.05) is 0 Å². The Morgan fingerprint density at radius 2 is 1.76 bits per heavy atom. The number of aromatic nitrogens is 4. The van der Waals surface area contributed by atoms with Gasteiger partial charge in [0.15, 0.2) is 11.8 Å². The number of ether oxygens (including phenoxy) is 1. The third-order valence-electron chi connectivity index (χ3n) is 3.72. The molecule has 2 heterocycles. The maximum Gasteiger partial charge on any atom is 0.359 e. The second-order valence-electron chi connectivity index (χ2n) is 6.14. The number of hydrogen-bond acceptors (Lipinski definition) is 6. The van der Waals surface area contributed by atoms with Crippen LogP contribution in [0, 0.1) is 27.7 Å². The number of esters is 1. The third-order valence-corrected chi connectivity index (χ3v) is 3.72. The van der Waals surface area contributed by atoms with Gasteiger partial charge in [-0.15, -0.1) is 10.2 Å². The largest absolute Gasteiger partial charge is 0.448 e. The van der Waals surface area contributed by atoms with Gasteiger partial charge in [0.25, 0.3) is 5.89 Å². The molecule has 3 rings (SSSR count). The van der Waals surface area contributed by atoms with Gasteiger partial charge < -0.3 is 9.15 Å². The number of carbonyl (C=O) groups excluding carboxylic acids is 1. The van der Waals surface area contributed by atoms with Crippen molar-refractivity contribution >= 4 is 5.97 Å². The van der Waals surface area contributed by atoms with Gasteiger partial charge in [-0.1, -0.05) is 6.07 Å². The van der Waals surface area contributed by atoms with Crippen molar-refractivity contribution in [2.45, 2.75) is 40.7 Å². The summed E-state index contributed by atoms with van der Waals surface area (Å²) >= 11 is 0. The summed E-state index contributed by atoms with van der Waals surface area (Å²) in [5.74, 6) is 0.152. The second kappa shape index (κ2) is 6.51. The molecule has 7 nitrogen and oxygen atoms in total. The molecule has 0 amide bonds. The Bertz CT molecular complexity index is 906. The zero-order chi connectivity index (χ0) is 18.1. The molecule has 0 aliphatic carbocycles. The van der Waals surface area contributed by atoms with E-state index in [4.69, 9.17) is 9.15 Å². The molecule has 0 saturated heterocycles. The first-order valence-corrected chi connectivity index (χ1v) is 8.00. The molecule has 130 valence electrons. The highest BCUT2D eigenvalue weighted by Crippen LogP contribution is 2.19. The minimum Gasteiger partial charge on any atom is -0.448 e. The number of benzene rings is 1. The van der Waals surface area contributed by atoms with E-state index in [9.17, 15) is 4.79 Å². The van der Waals surface area contributed by atoms with E-state index in [1.807, 2.05) is 32.9 Å². The van der Waals surface area contributed by atoms with Gasteiger partial charge in [0.1, 0.15) is 0 Å². The van der Waals surface area contributed by atoms with Crippen LogP contribution < -0.4 is 0 Å². The molecule has 0 aliphatic heterocycles. The fourth-order valence-electron chi connectivity index (χ4n) is 2.66. The standard InChI is InChI=1S/C18H20N4O3/c1-10-6-11(2)8-15(7-10)22-12(3)9-16(21-22)18(23)24-13(4)17-20-19-14(5)25-17/h6-9,13H,1-5H3/t13-/m1/s1. The normalized spacial score (nSPS) is 12.2. The summed E-state index contributed by atoms with van der Waals surface area (Å²) in [6.07, 6.45) is -0.639. The lowest BCUT2D eigenvalue weighted by Crippen LogP contribution is -2.11. The summed E-state index contributed by atoms with van der Waals surface area (Å²) < 4.78 is 12.4. The monoisotopic (exact) mass is 340 g/mol. The highest BCUT2D eigenvalue weighted by molar-refractivity contribution is 5.87. The zero-order valence-corrected chi connectivity index (χ0v) is 14.9. The average molecular weight is 340 g/mol. The van der Waals surface area contributed by atoms with Crippen LogP contribution in [0.15, 0.2) is 28.7 Å². The lowest BCUT2D eigenvalue weighted by atomic mass is 10.1. The Morgan fingerprint density at radius 1 is 1.08 bits per heavy atom. The maximum absolute atomic E-state index is 12.4. The van der Waals surface area contributed by atoms with Crippen molar-refractivity contribution in [3.63, 3.8) is 0 Å². The van der Waals surface area contributed by atoms with Crippen molar-refractivity contribution in [3.8, 4) is 5.69 Å². The van der Waals surface area contributed by atoms with Gasteiger partial charge in [-0.2, -0.15) is 5.10 Å². The summed E-state index contributed by atoms with van der Waals surface area (Å²) in [6.45, 7) is 9.31. The molecule has 0 radical (unpaired) electrons. The smallest absolute Gasteiger partial charge is 0.359 e. The zero-order valence-electron chi connectivity index (χ0n) is 14.9. The third kappa shape index (κ3) is 3.60. The van der Waals surface area contributed by atoms with E-state index in [0.29, 0.717) is 5.89 Å². The molecule has 0 fully saturated rings. The van der Waals surface area contributed by atoms with E-state index in [-0.39, 0.29) is 11.6 Å². The van der Waals surface area contributed by atoms with E-state index in [2.05, 4.69) is 21.4 Å². The Balaban J connectivity index is 1.83. The number of nitrogens with zero attached hydrogens (tertiary/aromatic N) is 4. The number of carbonyl (C=O) groups is 1. The molecule has 1 aromatic carbocycles. The van der Waals surface area contributed by atoms with Crippen LogP contribution in [-0.2, 0) is 4.74 Å². The molecule has 0 aliphatic rings. The first-order valence-electron chi connectivity index (χ1n) is 8.00. The number of rotatable bonds is 4. The molecule has 3 aromatic rings. The van der Waals surface area contributed by atoms with Crippen LogP contribution in [0.1, 0.15) is 52.1 Å². The SMILES string of the molecule is Cc1cc(C)cc(-n2nc(C(=O)O[C@H](C)c3nnc(C)o3)cc2C)c1. The van der Waals surface area contributed by atoms with E-state index in [1.165, 1.54) is 0 Å². The fraction of sp³-hybridized carbons (Fsp3) is 0.333. The van der Waals surface area contributed by atoms with Crippen molar-refractivity contribution in [3.05, 3.63) is 58.6 Å². The van der Waals surface area contributed by atoms with Gasteiger partial charge in [0.2, 0.25) is 5.89 Å². The number of hydrogen-bond donors (Lipinski definition) is 0. The van der Waals surface area contributed by atoms with Crippen molar-refractivity contribution in [1.29, 1.82) is 0 Å². The summed E-state index contributed by atoms with van der Waals surface area (Å²) in [5.41, 5.74) is 4.26. The molecule has 25 heavy (non-hydrogen) atoms. The van der Waals surface area contributed by atoms with Gasteiger partial charge in [-0.05, 0) is 57.0 Å². The Kier molecular flexibility index (Phi) is 4.39. The Hall–Kier alpha value is -2.96. The van der Waals surface area contributed by atoms with Crippen LogP contribution in [-0.4, -0.2) is 25.9 Å². The first kappa shape index (κ1) is 16.9. The predicted molar refractivity (Wildman–Crippen MR) is 90.6 cm³/mol. The number of aryl methyl sites for hydroxylation is 4. The lowest BCUT2D eigenvalue weighted by molar-refractivity contribution is 0.0269. The molecule has 1 atom stereocenters. The second-order valence-corrected chi connectivity index (χ2v) is 6.14. The van der Waals surface area contributed by atoms with E-state index in [1.54, 1.807) is 24.6 Å². The lowest BCUT2D eigenvalue weighted by Gasteiger charge is -2.08. The van der Waals surface area contributed by atoms with Crippen LogP contribution in [0.2, 0.25) is 0 Å².